The third-order valence-electron chi connectivity index (χ3n) is 2.98. The molecule has 0 fully saturated rings. The summed E-state index contributed by atoms with van der Waals surface area (Å²) in [7, 11) is 0. The zero-order valence-corrected chi connectivity index (χ0v) is 13.5. The molecule has 102 valence electrons. The van der Waals surface area contributed by atoms with Crippen molar-refractivity contribution in [2.24, 2.45) is 0 Å². The van der Waals surface area contributed by atoms with Crippen LogP contribution in [0.4, 0.5) is 0 Å². The molecule has 0 aromatic heterocycles. The van der Waals surface area contributed by atoms with Gasteiger partial charge in [-0.2, -0.15) is 0 Å². The van der Waals surface area contributed by atoms with Gasteiger partial charge < -0.3 is 8.53 Å². The number of hydrogen-bond acceptors (Lipinski definition) is 2. The molecule has 0 heterocycles. The Bertz CT molecular complexity index is 139. The SMILES string of the molecule is CCC[CH2][Al]([CH2]CCC)[O]C(CCC)OCC. The summed E-state index contributed by atoms with van der Waals surface area (Å²) in [6.45, 7) is 9.55. The van der Waals surface area contributed by atoms with Crippen molar-refractivity contribution in [1.82, 2.24) is 0 Å². The second-order valence-corrected chi connectivity index (χ2v) is 7.39. The van der Waals surface area contributed by atoms with Crippen LogP contribution in [0.1, 0.15) is 66.2 Å². The van der Waals surface area contributed by atoms with Crippen LogP contribution in [0.5, 0.6) is 0 Å². The standard InChI is InChI=1S/C6H13O2.2C4H9.Al/c1-3-5-6(7)8-4-2;2*1-3-4-2;/h6H,3-5H2,1-2H3;2*1,3-4H2,2H3;/q-1;;;+1. The summed E-state index contributed by atoms with van der Waals surface area (Å²) in [5, 5.41) is 2.65. The van der Waals surface area contributed by atoms with Crippen LogP contribution in [0.15, 0.2) is 0 Å². The van der Waals surface area contributed by atoms with E-state index in [2.05, 4.69) is 27.7 Å². The third kappa shape index (κ3) is 10.1. The fraction of sp³-hybridized carbons (Fsp3) is 1.00. The van der Waals surface area contributed by atoms with E-state index in [1.54, 1.807) is 0 Å². The minimum atomic E-state index is -1.02. The van der Waals surface area contributed by atoms with E-state index >= 15 is 0 Å². The van der Waals surface area contributed by atoms with Gasteiger partial charge in [0, 0.05) is 6.61 Å². The molecular formula is C14H31AlO2. The van der Waals surface area contributed by atoms with E-state index < -0.39 is 14.5 Å². The van der Waals surface area contributed by atoms with Crippen molar-refractivity contribution in [1.29, 1.82) is 0 Å². The Balaban J connectivity index is 4.04. The average Bonchev–Trinajstić information content (AvgIpc) is 2.33. The Labute approximate surface area is 113 Å². The monoisotopic (exact) mass is 258 g/mol. The number of ether oxygens (including phenoxy) is 1. The van der Waals surface area contributed by atoms with Gasteiger partial charge in [0.05, 0.1) is 0 Å². The molecule has 0 aliphatic heterocycles. The molecule has 0 spiro atoms. The summed E-state index contributed by atoms with van der Waals surface area (Å²) in [4.78, 5) is 0. The lowest BCUT2D eigenvalue weighted by Crippen LogP contribution is -2.28. The molecule has 0 rings (SSSR count). The van der Waals surface area contributed by atoms with Crippen molar-refractivity contribution in [3.05, 3.63) is 0 Å². The number of hydrogen-bond donors (Lipinski definition) is 0. The van der Waals surface area contributed by atoms with E-state index in [1.807, 2.05) is 0 Å². The maximum atomic E-state index is 6.25. The Morgan fingerprint density at radius 3 is 1.88 bits per heavy atom. The summed E-state index contributed by atoms with van der Waals surface area (Å²) < 4.78 is 11.9. The quantitative estimate of drug-likeness (QED) is 0.371. The van der Waals surface area contributed by atoms with Gasteiger partial charge in [-0.05, 0) is 13.3 Å². The van der Waals surface area contributed by atoms with Gasteiger partial charge in [0.2, 0.25) is 0 Å². The van der Waals surface area contributed by atoms with E-state index in [4.69, 9.17) is 8.53 Å². The summed E-state index contributed by atoms with van der Waals surface area (Å²) >= 11 is -1.02. The molecule has 1 atom stereocenters. The molecule has 0 aromatic rings. The Kier molecular flexibility index (Phi) is 13.2. The van der Waals surface area contributed by atoms with Crippen molar-refractivity contribution in [2.75, 3.05) is 6.61 Å². The first-order valence-electron chi connectivity index (χ1n) is 7.55. The lowest BCUT2D eigenvalue weighted by Gasteiger charge is -2.22. The topological polar surface area (TPSA) is 18.5 Å². The van der Waals surface area contributed by atoms with Crippen LogP contribution < -0.4 is 0 Å². The maximum Gasteiger partial charge on any atom is 0.462 e. The maximum absolute atomic E-state index is 6.25. The fourth-order valence-electron chi connectivity index (χ4n) is 1.97. The highest BCUT2D eigenvalue weighted by Gasteiger charge is 2.23. The van der Waals surface area contributed by atoms with Crippen LogP contribution in [0.2, 0.25) is 10.6 Å². The Morgan fingerprint density at radius 2 is 1.47 bits per heavy atom. The molecule has 0 aliphatic rings. The fourth-order valence-corrected chi connectivity index (χ4v) is 4.90. The highest BCUT2D eigenvalue weighted by Crippen LogP contribution is 2.15. The van der Waals surface area contributed by atoms with E-state index in [9.17, 15) is 0 Å². The molecule has 0 aromatic carbocycles. The zero-order valence-electron chi connectivity index (χ0n) is 12.3. The minimum absolute atomic E-state index is 0.0791. The summed E-state index contributed by atoms with van der Waals surface area (Å²) in [5.74, 6) is 0. The molecule has 0 bridgehead atoms. The first kappa shape index (κ1) is 17.5. The van der Waals surface area contributed by atoms with Crippen LogP contribution in [0, 0.1) is 0 Å². The summed E-state index contributed by atoms with van der Waals surface area (Å²) in [5.41, 5.74) is 0. The van der Waals surface area contributed by atoms with Crippen molar-refractivity contribution in [3.8, 4) is 0 Å². The Morgan fingerprint density at radius 1 is 0.882 bits per heavy atom. The smallest absolute Gasteiger partial charge is 0.462 e. The van der Waals surface area contributed by atoms with Gasteiger partial charge in [0.15, 0.2) is 0 Å². The predicted molar refractivity (Wildman–Crippen MR) is 76.6 cm³/mol. The van der Waals surface area contributed by atoms with Crippen molar-refractivity contribution in [2.45, 2.75) is 83.1 Å². The van der Waals surface area contributed by atoms with Crippen molar-refractivity contribution >= 4 is 14.5 Å². The molecule has 0 N–H and O–H groups in total. The first-order chi connectivity index (χ1) is 8.28. The normalized spacial score (nSPS) is 12.7. The molecule has 1 unspecified atom stereocenters. The average molecular weight is 258 g/mol. The molecule has 2 nitrogen and oxygen atoms in total. The largest absolute Gasteiger partial charge is 0.478 e. The highest BCUT2D eigenvalue weighted by atomic mass is 27.2. The molecule has 17 heavy (non-hydrogen) atoms. The minimum Gasteiger partial charge on any atom is -0.478 e. The molecule has 0 radical (unpaired) electrons. The lowest BCUT2D eigenvalue weighted by molar-refractivity contribution is -0.0831. The molecule has 0 amide bonds. The van der Waals surface area contributed by atoms with Gasteiger partial charge in [0.25, 0.3) is 0 Å². The highest BCUT2D eigenvalue weighted by molar-refractivity contribution is 6.51. The predicted octanol–water partition coefficient (Wildman–Crippen LogP) is 4.76. The molecule has 3 heteroatoms. The van der Waals surface area contributed by atoms with E-state index in [1.165, 1.54) is 36.2 Å². The van der Waals surface area contributed by atoms with Gasteiger partial charge in [-0.3, -0.25) is 0 Å². The van der Waals surface area contributed by atoms with E-state index in [0.29, 0.717) is 0 Å². The van der Waals surface area contributed by atoms with Gasteiger partial charge >= 0.3 is 14.5 Å². The number of unbranched alkanes of at least 4 members (excludes halogenated alkanes) is 2. The second kappa shape index (κ2) is 12.9. The molecule has 0 aliphatic carbocycles. The first-order valence-corrected chi connectivity index (χ1v) is 9.65. The lowest BCUT2D eigenvalue weighted by atomic mass is 10.3. The number of rotatable bonds is 12. The molecule has 0 saturated heterocycles. The Hall–Kier alpha value is 0.452. The summed E-state index contributed by atoms with van der Waals surface area (Å²) in [6, 6.07) is 0. The van der Waals surface area contributed by atoms with Gasteiger partial charge in [-0.1, -0.05) is 63.4 Å². The van der Waals surface area contributed by atoms with Gasteiger partial charge in [0.1, 0.15) is 6.29 Å². The molecule has 0 saturated carbocycles. The van der Waals surface area contributed by atoms with Crippen molar-refractivity contribution < 1.29 is 8.53 Å². The van der Waals surface area contributed by atoms with Crippen LogP contribution >= 0.6 is 0 Å². The zero-order chi connectivity index (χ0) is 12.9. The second-order valence-electron chi connectivity index (χ2n) is 4.72. The van der Waals surface area contributed by atoms with Gasteiger partial charge in [-0.15, -0.1) is 0 Å². The summed E-state index contributed by atoms with van der Waals surface area (Å²) in [6.07, 6.45) is 7.49. The molecular weight excluding hydrogens is 227 g/mol. The van der Waals surface area contributed by atoms with Crippen LogP contribution in [-0.2, 0) is 8.53 Å². The van der Waals surface area contributed by atoms with Crippen LogP contribution in [0.25, 0.3) is 0 Å². The van der Waals surface area contributed by atoms with Crippen molar-refractivity contribution in [3.63, 3.8) is 0 Å². The van der Waals surface area contributed by atoms with E-state index in [-0.39, 0.29) is 6.29 Å². The van der Waals surface area contributed by atoms with Crippen LogP contribution in [0.3, 0.4) is 0 Å². The van der Waals surface area contributed by atoms with Gasteiger partial charge in [-0.25, -0.2) is 0 Å². The van der Waals surface area contributed by atoms with E-state index in [0.717, 1.165) is 19.4 Å². The third-order valence-corrected chi connectivity index (χ3v) is 5.77. The van der Waals surface area contributed by atoms with Crippen LogP contribution in [-0.4, -0.2) is 27.4 Å².